The van der Waals surface area contributed by atoms with E-state index in [4.69, 9.17) is 27.1 Å². The molecule has 6 rings (SSSR count). The lowest BCUT2D eigenvalue weighted by Crippen LogP contribution is -2.19. The molecule has 0 bridgehead atoms. The highest BCUT2D eigenvalue weighted by Gasteiger charge is 2.27. The minimum atomic E-state index is -0.439. The van der Waals surface area contributed by atoms with Gasteiger partial charge in [0.05, 0.1) is 41.0 Å². The monoisotopic (exact) mass is 677 g/mol. The van der Waals surface area contributed by atoms with E-state index in [1.807, 2.05) is 40.7 Å². The molecule has 2 aromatic heterocycles. The van der Waals surface area contributed by atoms with Crippen molar-refractivity contribution in [2.75, 3.05) is 19.4 Å². The first-order valence-corrected chi connectivity index (χ1v) is 17.0. The summed E-state index contributed by atoms with van der Waals surface area (Å²) in [5, 5.41) is 8.29. The second kappa shape index (κ2) is 16.9. The van der Waals surface area contributed by atoms with Crippen LogP contribution in [0.25, 0.3) is 16.7 Å². The van der Waals surface area contributed by atoms with E-state index in [1.165, 1.54) is 30.2 Å². The van der Waals surface area contributed by atoms with Crippen molar-refractivity contribution in [1.29, 1.82) is 0 Å². The van der Waals surface area contributed by atoms with E-state index in [9.17, 15) is 4.39 Å². The Balaban J connectivity index is 0.000000246. The maximum absolute atomic E-state index is 14.5. The molecule has 0 amide bonds. The van der Waals surface area contributed by atoms with Gasteiger partial charge in [0.25, 0.3) is 0 Å². The van der Waals surface area contributed by atoms with Crippen LogP contribution in [-0.4, -0.2) is 40.7 Å². The van der Waals surface area contributed by atoms with Crippen molar-refractivity contribution in [1.82, 2.24) is 20.1 Å². The number of nitrogens with two attached hydrogens (primary N) is 2. The highest BCUT2D eigenvalue weighted by atomic mass is 35.5. The molecule has 3 atom stereocenters. The first kappa shape index (κ1) is 36.1. The van der Waals surface area contributed by atoms with Gasteiger partial charge in [-0.25, -0.2) is 14.1 Å². The zero-order valence-electron chi connectivity index (χ0n) is 27.7. The number of ether oxygens (including phenoxy) is 1. The molecule has 0 spiro atoms. The number of pyridine rings is 1. The van der Waals surface area contributed by atoms with Gasteiger partial charge >= 0.3 is 0 Å². The highest BCUT2D eigenvalue weighted by molar-refractivity contribution is 7.13. The summed E-state index contributed by atoms with van der Waals surface area (Å²) in [5.41, 5.74) is 20.2. The Morgan fingerprint density at radius 1 is 1.28 bits per heavy atom. The van der Waals surface area contributed by atoms with Crippen LogP contribution in [0.4, 0.5) is 10.1 Å². The van der Waals surface area contributed by atoms with Gasteiger partial charge in [0, 0.05) is 41.7 Å². The van der Waals surface area contributed by atoms with Crippen molar-refractivity contribution < 1.29 is 9.13 Å². The Labute approximate surface area is 284 Å². The number of aryl methyl sites for hydroxylation is 1. The van der Waals surface area contributed by atoms with Crippen molar-refractivity contribution in [2.45, 2.75) is 77.2 Å². The molecular formula is C36H46ClFN7OP. The van der Waals surface area contributed by atoms with Crippen LogP contribution in [0.1, 0.15) is 85.7 Å². The molecule has 8 nitrogen and oxygen atoms in total. The lowest BCUT2D eigenvalue weighted by molar-refractivity contribution is 0.416. The molecule has 2 heterocycles. The van der Waals surface area contributed by atoms with Crippen molar-refractivity contribution >= 4 is 43.8 Å². The molecule has 250 valence electrons. The Morgan fingerprint density at radius 2 is 2.04 bits per heavy atom. The number of aliphatic imine (C=N–C) groups is 1. The molecule has 2 aromatic carbocycles. The number of rotatable bonds is 10. The van der Waals surface area contributed by atoms with E-state index in [0.29, 0.717) is 28.6 Å². The van der Waals surface area contributed by atoms with Crippen LogP contribution < -0.4 is 21.3 Å². The van der Waals surface area contributed by atoms with Crippen LogP contribution >= 0.6 is 21.0 Å². The van der Waals surface area contributed by atoms with E-state index in [1.54, 1.807) is 24.1 Å². The molecule has 4 aromatic rings. The van der Waals surface area contributed by atoms with Gasteiger partial charge in [-0.3, -0.25) is 4.99 Å². The highest BCUT2D eigenvalue weighted by Crippen LogP contribution is 2.39. The molecule has 0 radical (unpaired) electrons. The quantitative estimate of drug-likeness (QED) is 0.0679. The third kappa shape index (κ3) is 8.60. The summed E-state index contributed by atoms with van der Waals surface area (Å²) in [6.07, 6.45) is 11.7. The number of hydrogen-bond donors (Lipinski definition) is 3. The van der Waals surface area contributed by atoms with Crippen molar-refractivity contribution in [2.24, 2.45) is 10.5 Å². The number of nitrogen functional groups attached to an aromatic ring is 1. The van der Waals surface area contributed by atoms with Crippen molar-refractivity contribution in [3.8, 4) is 11.6 Å². The molecule has 47 heavy (non-hydrogen) atoms. The Bertz CT molecular complexity index is 1760. The van der Waals surface area contributed by atoms with E-state index in [-0.39, 0.29) is 10.9 Å². The first-order valence-electron chi connectivity index (χ1n) is 16.0. The van der Waals surface area contributed by atoms with Gasteiger partial charge in [0.15, 0.2) is 11.6 Å². The fraction of sp³-hybridized carbons (Fsp3) is 0.389. The largest absolute Gasteiger partial charge is 0.495 e. The fourth-order valence-corrected chi connectivity index (χ4v) is 6.02. The van der Waals surface area contributed by atoms with Crippen LogP contribution in [0.5, 0.6) is 5.75 Å². The zero-order chi connectivity index (χ0) is 34.1. The first-order chi connectivity index (χ1) is 22.7. The van der Waals surface area contributed by atoms with Crippen LogP contribution in [0, 0.1) is 12.7 Å². The van der Waals surface area contributed by atoms with Gasteiger partial charge in [0.2, 0.25) is 0 Å². The molecule has 3 unspecified atom stereocenters. The number of nitrogens with zero attached hydrogens (tertiary/aromatic N) is 4. The molecule has 11 heteroatoms. The fourth-order valence-electron chi connectivity index (χ4n) is 5.86. The van der Waals surface area contributed by atoms with Gasteiger partial charge in [-0.1, -0.05) is 47.8 Å². The lowest BCUT2D eigenvalue weighted by Gasteiger charge is -2.20. The minimum Gasteiger partial charge on any atom is -0.495 e. The zero-order valence-corrected chi connectivity index (χ0v) is 29.6. The molecule has 2 aliphatic carbocycles. The number of methoxy groups -OCH3 is 1. The van der Waals surface area contributed by atoms with Gasteiger partial charge in [0.1, 0.15) is 5.75 Å². The molecule has 1 fully saturated rings. The standard InChI is InChI=1S/C24H26ClFN4.C12H16N2O.H4NP/c1-4-6-16(13-27-11-5-2)21-12-18-15(3)7-8-17(18)24(29-21)30-22-10-9-20(25)23(26)19(22)14-28-30;1-8-5-9(7-14-10-3-4-10)12(13)11(6-8)15-2;1-2/h9-12,14-16,27H,2,4,6-8,13H2,1,3H3;5-7,10H,3-4,13H2,1-2H3;1-2H2. The summed E-state index contributed by atoms with van der Waals surface area (Å²) in [5.74, 6) is 1.82. The Kier molecular flexibility index (Phi) is 13.0. The van der Waals surface area contributed by atoms with E-state index < -0.39 is 5.82 Å². The number of benzene rings is 2. The van der Waals surface area contributed by atoms with Crippen LogP contribution in [-0.2, 0) is 6.42 Å². The third-order valence-corrected chi connectivity index (χ3v) is 8.78. The third-order valence-electron chi connectivity index (χ3n) is 8.49. The molecule has 1 saturated carbocycles. The Hall–Kier alpha value is -3.74. The molecule has 5 N–H and O–H groups in total. The Morgan fingerprint density at radius 3 is 2.72 bits per heavy atom. The van der Waals surface area contributed by atoms with Crippen LogP contribution in [0.2, 0.25) is 5.02 Å². The smallest absolute Gasteiger partial charge is 0.157 e. The number of nitrogens with one attached hydrogen (secondary N) is 1. The molecule has 0 saturated heterocycles. The number of anilines is 1. The maximum atomic E-state index is 14.5. The number of aromatic nitrogens is 3. The summed E-state index contributed by atoms with van der Waals surface area (Å²) in [7, 11) is 3.55. The predicted octanol–water partition coefficient (Wildman–Crippen LogP) is 7.94. The van der Waals surface area contributed by atoms with Gasteiger partial charge < -0.3 is 21.3 Å². The van der Waals surface area contributed by atoms with Crippen LogP contribution in [0.15, 0.2) is 60.0 Å². The topological polar surface area (TPSA) is 116 Å². The van der Waals surface area contributed by atoms with Gasteiger partial charge in [-0.05, 0) is 86.4 Å². The van der Waals surface area contributed by atoms with E-state index >= 15 is 0 Å². The second-order valence-corrected chi connectivity index (χ2v) is 12.4. The maximum Gasteiger partial charge on any atom is 0.157 e. The second-order valence-electron chi connectivity index (χ2n) is 12.0. The minimum absolute atomic E-state index is 0.104. The SMILES string of the molecule is C=C=CNCC(CCC)c1cc2c(c(-n3ncc4c(F)c(Cl)ccc43)n1)CCC2C.COc1cc(C)cc(C=NC2CC2)c1N.NP. The van der Waals surface area contributed by atoms with E-state index in [0.717, 1.165) is 60.6 Å². The number of halogens is 2. The lowest BCUT2D eigenvalue weighted by atomic mass is 9.95. The molecule has 2 aliphatic rings. The molecule has 0 aliphatic heterocycles. The normalized spacial score (nSPS) is 15.6. The van der Waals surface area contributed by atoms with E-state index in [2.05, 4.69) is 53.1 Å². The van der Waals surface area contributed by atoms with Crippen molar-refractivity contribution in [3.63, 3.8) is 0 Å². The summed E-state index contributed by atoms with van der Waals surface area (Å²) < 4.78 is 21.5. The van der Waals surface area contributed by atoms with Gasteiger partial charge in [-0.2, -0.15) is 5.10 Å². The summed E-state index contributed by atoms with van der Waals surface area (Å²) in [4.78, 5) is 9.50. The van der Waals surface area contributed by atoms with Crippen LogP contribution in [0.3, 0.4) is 0 Å². The predicted molar refractivity (Wildman–Crippen MR) is 197 cm³/mol. The number of fused-ring (bicyclic) bond motifs is 2. The number of hydrogen-bond acceptors (Lipinski definition) is 7. The average molecular weight is 678 g/mol. The summed E-state index contributed by atoms with van der Waals surface area (Å²) in [6, 6.07) is 10.1. The average Bonchev–Trinajstić information content (AvgIpc) is 3.70. The van der Waals surface area contributed by atoms with Crippen molar-refractivity contribution in [3.05, 3.63) is 93.8 Å². The summed E-state index contributed by atoms with van der Waals surface area (Å²) in [6.45, 7) is 10.8. The van der Waals surface area contributed by atoms with Gasteiger partial charge in [-0.15, -0.1) is 5.73 Å². The summed E-state index contributed by atoms with van der Waals surface area (Å²) >= 11 is 5.97. The molecular weight excluding hydrogens is 632 g/mol.